The van der Waals surface area contributed by atoms with Crippen molar-refractivity contribution in [3.63, 3.8) is 0 Å². The number of carbonyl (C=O) groups is 2. The molecule has 1 rings (SSSR count). The standard InChI is InChI=1S/C10H14N2O4/c1-15-9(13)4-3-8(10(14)16-2)12-6-5-11-7-12/h5-8H,3-4H2,1-2H3/t8-/m0/s1. The highest BCUT2D eigenvalue weighted by atomic mass is 16.5. The Balaban J connectivity index is 2.66. The van der Waals surface area contributed by atoms with Gasteiger partial charge in [-0.1, -0.05) is 0 Å². The van der Waals surface area contributed by atoms with E-state index in [1.165, 1.54) is 20.5 Å². The number of hydrogen-bond donors (Lipinski definition) is 0. The lowest BCUT2D eigenvalue weighted by molar-refractivity contribution is -0.146. The molecular formula is C10H14N2O4. The van der Waals surface area contributed by atoms with Crippen LogP contribution in [0.25, 0.3) is 0 Å². The van der Waals surface area contributed by atoms with E-state index in [4.69, 9.17) is 0 Å². The molecule has 0 N–H and O–H groups in total. The van der Waals surface area contributed by atoms with E-state index in [2.05, 4.69) is 14.5 Å². The number of ether oxygens (including phenoxy) is 2. The van der Waals surface area contributed by atoms with Crippen LogP contribution >= 0.6 is 0 Å². The summed E-state index contributed by atoms with van der Waals surface area (Å²) in [4.78, 5) is 26.3. The van der Waals surface area contributed by atoms with Crippen LogP contribution in [0.4, 0.5) is 0 Å². The number of imidazole rings is 1. The summed E-state index contributed by atoms with van der Waals surface area (Å²) < 4.78 is 10.8. The molecule has 0 aliphatic rings. The maximum atomic E-state index is 11.5. The van der Waals surface area contributed by atoms with Crippen molar-refractivity contribution < 1.29 is 19.1 Å². The predicted octanol–water partition coefficient (Wildman–Crippen LogP) is 0.550. The lowest BCUT2D eigenvalue weighted by Crippen LogP contribution is -2.21. The van der Waals surface area contributed by atoms with E-state index in [0.29, 0.717) is 6.42 Å². The molecular weight excluding hydrogens is 212 g/mol. The highest BCUT2D eigenvalue weighted by Crippen LogP contribution is 2.15. The highest BCUT2D eigenvalue weighted by molar-refractivity contribution is 5.75. The maximum Gasteiger partial charge on any atom is 0.328 e. The molecule has 0 saturated heterocycles. The van der Waals surface area contributed by atoms with Crippen LogP contribution in [0.3, 0.4) is 0 Å². The summed E-state index contributed by atoms with van der Waals surface area (Å²) in [5.41, 5.74) is 0. The maximum absolute atomic E-state index is 11.5. The van der Waals surface area contributed by atoms with Crippen LogP contribution in [0.5, 0.6) is 0 Å². The van der Waals surface area contributed by atoms with Crippen molar-refractivity contribution in [2.45, 2.75) is 18.9 Å². The molecule has 1 aromatic rings. The fraction of sp³-hybridized carbons (Fsp3) is 0.500. The first-order chi connectivity index (χ1) is 7.69. The van der Waals surface area contributed by atoms with E-state index in [1.54, 1.807) is 17.0 Å². The van der Waals surface area contributed by atoms with Crippen molar-refractivity contribution in [3.05, 3.63) is 18.7 Å². The minimum atomic E-state index is -0.536. The summed E-state index contributed by atoms with van der Waals surface area (Å²) in [6.45, 7) is 0. The Morgan fingerprint density at radius 2 is 2.12 bits per heavy atom. The summed E-state index contributed by atoms with van der Waals surface area (Å²) in [7, 11) is 2.62. The third kappa shape index (κ3) is 3.08. The van der Waals surface area contributed by atoms with Gasteiger partial charge in [-0.15, -0.1) is 0 Å². The van der Waals surface area contributed by atoms with E-state index in [0.717, 1.165) is 0 Å². The first-order valence-corrected chi connectivity index (χ1v) is 4.81. The molecule has 0 spiro atoms. The molecule has 0 aromatic carbocycles. The zero-order chi connectivity index (χ0) is 12.0. The van der Waals surface area contributed by atoms with Crippen molar-refractivity contribution in [2.24, 2.45) is 0 Å². The number of rotatable bonds is 5. The first kappa shape index (κ1) is 12.2. The normalized spacial score (nSPS) is 11.9. The fourth-order valence-corrected chi connectivity index (χ4v) is 1.34. The smallest absolute Gasteiger partial charge is 0.328 e. The predicted molar refractivity (Wildman–Crippen MR) is 54.5 cm³/mol. The molecule has 16 heavy (non-hydrogen) atoms. The van der Waals surface area contributed by atoms with Crippen LogP contribution in [-0.2, 0) is 19.1 Å². The average molecular weight is 226 g/mol. The topological polar surface area (TPSA) is 70.4 Å². The molecule has 0 unspecified atom stereocenters. The second-order valence-electron chi connectivity index (χ2n) is 3.16. The van der Waals surface area contributed by atoms with E-state index >= 15 is 0 Å². The van der Waals surface area contributed by atoms with Crippen LogP contribution in [0.1, 0.15) is 18.9 Å². The third-order valence-electron chi connectivity index (χ3n) is 2.21. The van der Waals surface area contributed by atoms with Gasteiger partial charge in [0.1, 0.15) is 6.04 Å². The largest absolute Gasteiger partial charge is 0.469 e. The Bertz CT molecular complexity index is 348. The Kier molecular flexibility index (Phi) is 4.50. The minimum Gasteiger partial charge on any atom is -0.469 e. The van der Waals surface area contributed by atoms with Gasteiger partial charge in [0.05, 0.1) is 20.5 Å². The lowest BCUT2D eigenvalue weighted by atomic mass is 10.1. The molecule has 0 aliphatic carbocycles. The molecule has 1 aromatic heterocycles. The third-order valence-corrected chi connectivity index (χ3v) is 2.21. The van der Waals surface area contributed by atoms with Crippen molar-refractivity contribution in [1.29, 1.82) is 0 Å². The van der Waals surface area contributed by atoms with Crippen LogP contribution in [0.2, 0.25) is 0 Å². The molecule has 0 radical (unpaired) electrons. The van der Waals surface area contributed by atoms with Crippen LogP contribution in [-0.4, -0.2) is 35.7 Å². The molecule has 6 heteroatoms. The number of esters is 2. The summed E-state index contributed by atoms with van der Waals surface area (Å²) >= 11 is 0. The molecule has 88 valence electrons. The zero-order valence-corrected chi connectivity index (χ0v) is 9.25. The quantitative estimate of drug-likeness (QED) is 0.686. The number of hydrogen-bond acceptors (Lipinski definition) is 5. The SMILES string of the molecule is COC(=O)CC[C@@H](C(=O)OC)n1ccnc1. The van der Waals surface area contributed by atoms with Crippen molar-refractivity contribution in [2.75, 3.05) is 14.2 Å². The van der Waals surface area contributed by atoms with Gasteiger partial charge in [-0.3, -0.25) is 4.79 Å². The molecule has 6 nitrogen and oxygen atoms in total. The molecule has 0 aliphatic heterocycles. The van der Waals surface area contributed by atoms with E-state index in [9.17, 15) is 9.59 Å². The Morgan fingerprint density at radius 3 is 2.62 bits per heavy atom. The molecule has 0 amide bonds. The summed E-state index contributed by atoms with van der Waals surface area (Å²) in [6, 6.07) is -0.536. The Morgan fingerprint density at radius 1 is 1.38 bits per heavy atom. The van der Waals surface area contributed by atoms with Gasteiger partial charge in [0.15, 0.2) is 0 Å². The summed E-state index contributed by atoms with van der Waals surface area (Å²) in [5.74, 6) is -0.754. The second kappa shape index (κ2) is 5.89. The van der Waals surface area contributed by atoms with Crippen LogP contribution in [0.15, 0.2) is 18.7 Å². The fourth-order valence-electron chi connectivity index (χ4n) is 1.34. The van der Waals surface area contributed by atoms with E-state index < -0.39 is 12.0 Å². The monoisotopic (exact) mass is 226 g/mol. The molecule has 0 fully saturated rings. The Hall–Kier alpha value is -1.85. The summed E-state index contributed by atoms with van der Waals surface area (Å²) in [5, 5.41) is 0. The van der Waals surface area contributed by atoms with E-state index in [1.807, 2.05) is 0 Å². The first-order valence-electron chi connectivity index (χ1n) is 4.81. The molecule has 0 bridgehead atoms. The van der Waals surface area contributed by atoms with Crippen LogP contribution in [0, 0.1) is 0 Å². The van der Waals surface area contributed by atoms with Crippen molar-refractivity contribution in [1.82, 2.24) is 9.55 Å². The van der Waals surface area contributed by atoms with Crippen molar-refractivity contribution >= 4 is 11.9 Å². The highest BCUT2D eigenvalue weighted by Gasteiger charge is 2.21. The average Bonchev–Trinajstić information content (AvgIpc) is 2.82. The number of aromatic nitrogens is 2. The number of methoxy groups -OCH3 is 2. The molecule has 1 heterocycles. The Labute approximate surface area is 93.2 Å². The van der Waals surface area contributed by atoms with Gasteiger partial charge < -0.3 is 14.0 Å². The van der Waals surface area contributed by atoms with Gasteiger partial charge >= 0.3 is 11.9 Å². The van der Waals surface area contributed by atoms with Crippen molar-refractivity contribution in [3.8, 4) is 0 Å². The van der Waals surface area contributed by atoms with E-state index in [-0.39, 0.29) is 12.4 Å². The van der Waals surface area contributed by atoms with Gasteiger partial charge in [-0.05, 0) is 6.42 Å². The van der Waals surface area contributed by atoms with Gasteiger partial charge in [0.25, 0.3) is 0 Å². The van der Waals surface area contributed by atoms with Gasteiger partial charge in [-0.25, -0.2) is 9.78 Å². The number of nitrogens with zero attached hydrogens (tertiary/aromatic N) is 2. The zero-order valence-electron chi connectivity index (χ0n) is 9.25. The summed E-state index contributed by atoms with van der Waals surface area (Å²) in [6.07, 6.45) is 5.22. The second-order valence-corrected chi connectivity index (χ2v) is 3.16. The molecule has 1 atom stereocenters. The number of carbonyl (C=O) groups excluding carboxylic acids is 2. The van der Waals surface area contributed by atoms with Crippen LogP contribution < -0.4 is 0 Å². The van der Waals surface area contributed by atoms with Gasteiger partial charge in [-0.2, -0.15) is 0 Å². The van der Waals surface area contributed by atoms with Gasteiger partial charge in [0, 0.05) is 18.8 Å². The van der Waals surface area contributed by atoms with Gasteiger partial charge in [0.2, 0.25) is 0 Å². The lowest BCUT2D eigenvalue weighted by Gasteiger charge is -2.14. The minimum absolute atomic E-state index is 0.161. The molecule has 0 saturated carbocycles.